The van der Waals surface area contributed by atoms with Gasteiger partial charge in [0.15, 0.2) is 0 Å². The minimum Gasteiger partial charge on any atom is -0.295 e. The van der Waals surface area contributed by atoms with Crippen LogP contribution in [0.5, 0.6) is 0 Å². The third kappa shape index (κ3) is 5.26. The molecular formula is C61H38N4S. The van der Waals surface area contributed by atoms with Gasteiger partial charge in [-0.1, -0.05) is 176 Å². The minimum absolute atomic E-state index is 0.547. The Morgan fingerprint density at radius 1 is 0.439 bits per heavy atom. The van der Waals surface area contributed by atoms with Gasteiger partial charge in [0.2, 0.25) is 0 Å². The van der Waals surface area contributed by atoms with Crippen LogP contribution in [0.15, 0.2) is 231 Å². The number of hydrogen-bond donors (Lipinski definition) is 0. The first kappa shape index (κ1) is 37.0. The minimum atomic E-state index is -0.547. The van der Waals surface area contributed by atoms with Crippen LogP contribution in [0.3, 0.4) is 0 Å². The highest BCUT2D eigenvalue weighted by molar-refractivity contribution is 7.26. The van der Waals surface area contributed by atoms with E-state index < -0.39 is 5.41 Å². The van der Waals surface area contributed by atoms with Gasteiger partial charge in [-0.05, 0) is 88.0 Å². The summed E-state index contributed by atoms with van der Waals surface area (Å²) in [7, 11) is 0. The Morgan fingerprint density at radius 2 is 1.08 bits per heavy atom. The molecule has 4 heterocycles. The SMILES string of the molecule is c1ccc(C2(c3ccccc3)c3ccccc3-c3ccc(N(c4ccc(-c5nc6ccccc6c6c5ccc5c7ccccc7sc56)cc4)c4cccc5c6ccccc6nn45)cc32)cc1. The smallest absolute Gasteiger partial charge is 0.139 e. The molecule has 0 aliphatic heterocycles. The molecule has 9 aromatic carbocycles. The Labute approximate surface area is 384 Å². The summed E-state index contributed by atoms with van der Waals surface area (Å²) in [5, 5.41) is 12.5. The van der Waals surface area contributed by atoms with Gasteiger partial charge in [-0.2, -0.15) is 5.10 Å². The number of hydrogen-bond acceptors (Lipinski definition) is 4. The van der Waals surface area contributed by atoms with Gasteiger partial charge in [0.1, 0.15) is 5.82 Å². The van der Waals surface area contributed by atoms with Crippen LogP contribution < -0.4 is 4.90 Å². The van der Waals surface area contributed by atoms with Crippen molar-refractivity contribution in [2.75, 3.05) is 4.90 Å². The number of aromatic nitrogens is 3. The van der Waals surface area contributed by atoms with Crippen LogP contribution >= 0.6 is 11.3 Å². The lowest BCUT2D eigenvalue weighted by atomic mass is 9.67. The summed E-state index contributed by atoms with van der Waals surface area (Å²) in [6.07, 6.45) is 0. The lowest BCUT2D eigenvalue weighted by Gasteiger charge is -2.35. The lowest BCUT2D eigenvalue weighted by Crippen LogP contribution is -2.28. The third-order valence-electron chi connectivity index (χ3n) is 13.9. The highest BCUT2D eigenvalue weighted by Crippen LogP contribution is 2.57. The van der Waals surface area contributed by atoms with E-state index in [9.17, 15) is 0 Å². The van der Waals surface area contributed by atoms with E-state index in [0.29, 0.717) is 0 Å². The van der Waals surface area contributed by atoms with Gasteiger partial charge < -0.3 is 0 Å². The van der Waals surface area contributed by atoms with Crippen molar-refractivity contribution in [2.24, 2.45) is 0 Å². The Balaban J connectivity index is 1.00. The Bertz CT molecular complexity index is 4020. The first-order valence-electron chi connectivity index (χ1n) is 22.5. The number of thiophene rings is 1. The quantitative estimate of drug-likeness (QED) is 0.156. The molecule has 1 aliphatic rings. The summed E-state index contributed by atoms with van der Waals surface area (Å²) in [5.41, 5.74) is 14.1. The van der Waals surface area contributed by atoms with Gasteiger partial charge in [-0.25, -0.2) is 9.50 Å². The average Bonchev–Trinajstić information content (AvgIpc) is 4.06. The third-order valence-corrected chi connectivity index (χ3v) is 15.1. The number of anilines is 3. The van der Waals surface area contributed by atoms with Crippen molar-refractivity contribution >= 4 is 86.8 Å². The van der Waals surface area contributed by atoms with Gasteiger partial charge >= 0.3 is 0 Å². The van der Waals surface area contributed by atoms with Gasteiger partial charge in [0.25, 0.3) is 0 Å². The van der Waals surface area contributed by atoms with E-state index >= 15 is 0 Å². The van der Waals surface area contributed by atoms with Crippen molar-refractivity contribution in [3.8, 4) is 22.4 Å². The fourth-order valence-corrected chi connectivity index (χ4v) is 12.3. The predicted octanol–water partition coefficient (Wildman–Crippen LogP) is 16.1. The Hall–Kier alpha value is -8.38. The molecule has 0 unspecified atom stereocenters. The van der Waals surface area contributed by atoms with Crippen LogP contribution in [0.25, 0.3) is 80.7 Å². The molecule has 0 saturated carbocycles. The molecule has 4 nitrogen and oxygen atoms in total. The molecule has 0 amide bonds. The maximum atomic E-state index is 5.40. The molecule has 0 N–H and O–H groups in total. The molecule has 0 saturated heterocycles. The number of rotatable bonds is 6. The van der Waals surface area contributed by atoms with Crippen LogP contribution in [-0.2, 0) is 5.41 Å². The van der Waals surface area contributed by atoms with E-state index in [0.717, 1.165) is 55.8 Å². The fraction of sp³-hybridized carbons (Fsp3) is 0.0164. The molecular weight excluding hydrogens is 821 g/mol. The van der Waals surface area contributed by atoms with Crippen molar-refractivity contribution in [2.45, 2.75) is 5.41 Å². The number of pyridine rings is 2. The summed E-state index contributed by atoms with van der Waals surface area (Å²) < 4.78 is 4.71. The fourth-order valence-electron chi connectivity index (χ4n) is 11.0. The Morgan fingerprint density at radius 3 is 1.88 bits per heavy atom. The van der Waals surface area contributed by atoms with Gasteiger partial charge in [0, 0.05) is 58.7 Å². The zero-order valence-electron chi connectivity index (χ0n) is 35.6. The summed E-state index contributed by atoms with van der Waals surface area (Å²) in [6.45, 7) is 0. The van der Waals surface area contributed by atoms with Crippen LogP contribution in [0, 0.1) is 0 Å². The molecule has 4 aromatic heterocycles. The molecule has 14 rings (SSSR count). The van der Waals surface area contributed by atoms with Crippen LogP contribution in [0.4, 0.5) is 17.2 Å². The second-order valence-electron chi connectivity index (χ2n) is 17.3. The largest absolute Gasteiger partial charge is 0.295 e. The lowest BCUT2D eigenvalue weighted by molar-refractivity contribution is 0.768. The van der Waals surface area contributed by atoms with Crippen molar-refractivity contribution in [1.29, 1.82) is 0 Å². The van der Waals surface area contributed by atoms with Crippen molar-refractivity contribution < 1.29 is 0 Å². The maximum Gasteiger partial charge on any atom is 0.139 e. The number of nitrogens with zero attached hydrogens (tertiary/aromatic N) is 4. The topological polar surface area (TPSA) is 33.4 Å². The van der Waals surface area contributed by atoms with E-state index in [-0.39, 0.29) is 0 Å². The van der Waals surface area contributed by atoms with E-state index in [4.69, 9.17) is 10.1 Å². The predicted molar refractivity (Wildman–Crippen MR) is 276 cm³/mol. The molecule has 66 heavy (non-hydrogen) atoms. The maximum absolute atomic E-state index is 5.40. The van der Waals surface area contributed by atoms with E-state index in [1.807, 2.05) is 11.3 Å². The molecule has 0 atom stereocenters. The highest BCUT2D eigenvalue weighted by atomic mass is 32.1. The molecule has 308 valence electrons. The first-order valence-corrected chi connectivity index (χ1v) is 23.3. The van der Waals surface area contributed by atoms with Gasteiger partial charge in [-0.3, -0.25) is 4.90 Å². The van der Waals surface area contributed by atoms with Crippen molar-refractivity contribution in [3.63, 3.8) is 0 Å². The summed E-state index contributed by atoms with van der Waals surface area (Å²) in [4.78, 5) is 7.77. The molecule has 13 aromatic rings. The zero-order chi connectivity index (χ0) is 43.3. The Kier molecular flexibility index (Phi) is 8.03. The zero-order valence-corrected chi connectivity index (χ0v) is 36.5. The first-order chi connectivity index (χ1) is 32.7. The molecule has 5 heteroatoms. The second kappa shape index (κ2) is 14.3. The van der Waals surface area contributed by atoms with Crippen molar-refractivity contribution in [1.82, 2.24) is 14.6 Å². The second-order valence-corrected chi connectivity index (χ2v) is 18.3. The number of para-hydroxylation sites is 1. The molecule has 0 spiro atoms. The van der Waals surface area contributed by atoms with Gasteiger partial charge in [0.05, 0.1) is 27.7 Å². The molecule has 0 fully saturated rings. The number of fused-ring (bicyclic) bond motifs is 13. The highest BCUT2D eigenvalue weighted by Gasteiger charge is 2.46. The molecule has 1 aliphatic carbocycles. The standard InChI is InChI=1S/C61H38N4S/c1-3-16-40(17-4-1)61(41-18-5-2-6-19-41)51-24-11-7-20-44(51)45-35-34-43(38-52(45)61)64(57-29-15-27-55-48-22-8-13-26-54(48)63-65(55)57)42-32-30-39(31-33-42)59-50-37-36-47-46-21-10-14-28-56(46)66-60(47)58(50)49-23-9-12-25-53(49)62-59/h1-38H. The summed E-state index contributed by atoms with van der Waals surface area (Å²) in [6, 6.07) is 83.8. The van der Waals surface area contributed by atoms with Crippen molar-refractivity contribution in [3.05, 3.63) is 253 Å². The number of benzene rings is 9. The van der Waals surface area contributed by atoms with E-state index in [2.05, 4.69) is 240 Å². The monoisotopic (exact) mass is 858 g/mol. The average molecular weight is 859 g/mol. The van der Waals surface area contributed by atoms with Gasteiger partial charge in [-0.15, -0.1) is 11.3 Å². The van der Waals surface area contributed by atoms with Crippen LogP contribution in [0.1, 0.15) is 22.3 Å². The molecule has 0 radical (unpaired) electrons. The van der Waals surface area contributed by atoms with Crippen LogP contribution in [0.2, 0.25) is 0 Å². The summed E-state index contributed by atoms with van der Waals surface area (Å²) >= 11 is 1.87. The van der Waals surface area contributed by atoms with Crippen LogP contribution in [-0.4, -0.2) is 14.6 Å². The molecule has 0 bridgehead atoms. The van der Waals surface area contributed by atoms with E-state index in [1.54, 1.807) is 0 Å². The van der Waals surface area contributed by atoms with E-state index in [1.165, 1.54) is 64.3 Å². The summed E-state index contributed by atoms with van der Waals surface area (Å²) in [5.74, 6) is 0.943. The normalized spacial score (nSPS) is 13.0.